The zero-order valence-corrected chi connectivity index (χ0v) is 15.0. The molecule has 0 saturated carbocycles. The number of methoxy groups -OCH3 is 1. The molecule has 5 nitrogen and oxygen atoms in total. The lowest BCUT2D eigenvalue weighted by Crippen LogP contribution is -2.32. The van der Waals surface area contributed by atoms with Gasteiger partial charge < -0.3 is 4.74 Å². The van der Waals surface area contributed by atoms with Gasteiger partial charge >= 0.3 is 0 Å². The molecule has 2 unspecified atom stereocenters. The molecule has 1 aliphatic heterocycles. The standard InChI is InChI=1S/C18H22N2O3S/c1-5-6-14-15(23-4)8-7-13(18(14)24-22)9-11(2)17-12(3)10-16(21)19-20-17/h5,7-9,12-13H,1,6,10H2,2-4H3,(H,19,21). The third-order valence-electron chi connectivity index (χ3n) is 4.10. The van der Waals surface area contributed by atoms with Crippen molar-refractivity contribution in [2.75, 3.05) is 7.11 Å². The number of carbonyl (C=O) groups is 1. The Morgan fingerprint density at radius 2 is 2.33 bits per heavy atom. The highest BCUT2D eigenvalue weighted by Gasteiger charge is 2.25. The summed E-state index contributed by atoms with van der Waals surface area (Å²) < 4.78 is 17.1. The number of nitrogens with zero attached hydrogens (tertiary/aromatic N) is 1. The molecule has 128 valence electrons. The summed E-state index contributed by atoms with van der Waals surface area (Å²) in [5.74, 6) is 0.559. The Bertz CT molecular complexity index is 725. The first-order valence-corrected chi connectivity index (χ1v) is 8.54. The maximum atomic E-state index is 11.7. The minimum Gasteiger partial charge on any atom is -0.496 e. The van der Waals surface area contributed by atoms with E-state index in [1.165, 1.54) is 0 Å². The van der Waals surface area contributed by atoms with E-state index in [1.807, 2.05) is 32.1 Å². The molecule has 1 N–H and O–H groups in total. The van der Waals surface area contributed by atoms with Gasteiger partial charge in [-0.1, -0.05) is 25.2 Å². The van der Waals surface area contributed by atoms with Gasteiger partial charge in [0.1, 0.15) is 5.76 Å². The lowest BCUT2D eigenvalue weighted by molar-refractivity contribution is -0.121. The Morgan fingerprint density at radius 3 is 2.92 bits per heavy atom. The normalized spacial score (nSPS) is 24.5. The maximum absolute atomic E-state index is 11.7. The Labute approximate surface area is 145 Å². The van der Waals surface area contributed by atoms with Crippen molar-refractivity contribution in [3.8, 4) is 0 Å². The van der Waals surface area contributed by atoms with Crippen molar-refractivity contribution in [3.63, 3.8) is 0 Å². The van der Waals surface area contributed by atoms with Gasteiger partial charge in [-0.05, 0) is 25.0 Å². The largest absolute Gasteiger partial charge is 0.496 e. The second-order valence-corrected chi connectivity index (χ2v) is 6.47. The molecule has 0 aromatic heterocycles. The first-order chi connectivity index (χ1) is 11.5. The summed E-state index contributed by atoms with van der Waals surface area (Å²) in [5, 5.41) is 4.17. The van der Waals surface area contributed by atoms with Gasteiger partial charge in [0.05, 0.1) is 28.9 Å². The Kier molecular flexibility index (Phi) is 6.09. The van der Waals surface area contributed by atoms with Crippen LogP contribution in [0.3, 0.4) is 0 Å². The second-order valence-electron chi connectivity index (χ2n) is 5.86. The highest BCUT2D eigenvalue weighted by atomic mass is 32.1. The third-order valence-corrected chi connectivity index (χ3v) is 4.80. The molecule has 2 atom stereocenters. The predicted molar refractivity (Wildman–Crippen MR) is 97.7 cm³/mol. The summed E-state index contributed by atoms with van der Waals surface area (Å²) >= 11 is 0.486. The number of carbonyl (C=O) groups excluding carboxylic acids is 1. The molecule has 0 spiro atoms. The summed E-state index contributed by atoms with van der Waals surface area (Å²) in [5.41, 5.74) is 5.21. The van der Waals surface area contributed by atoms with Gasteiger partial charge in [-0.15, -0.1) is 6.58 Å². The SMILES string of the molecule is C=CCC1=C(OC)C=CC(C=C(C)C2=NNC(=O)CC2C)C1=S=O. The van der Waals surface area contributed by atoms with Crippen molar-refractivity contribution in [2.45, 2.75) is 26.7 Å². The molecule has 24 heavy (non-hydrogen) atoms. The van der Waals surface area contributed by atoms with E-state index in [1.54, 1.807) is 13.2 Å². The topological polar surface area (TPSA) is 67.8 Å². The molecular formula is C18H22N2O3S. The quantitative estimate of drug-likeness (QED) is 0.614. The summed E-state index contributed by atoms with van der Waals surface area (Å²) in [6.45, 7) is 7.69. The van der Waals surface area contributed by atoms with Crippen LogP contribution >= 0.6 is 0 Å². The molecule has 6 heteroatoms. The van der Waals surface area contributed by atoms with Crippen LogP contribution in [-0.2, 0) is 20.8 Å². The van der Waals surface area contributed by atoms with E-state index >= 15 is 0 Å². The molecule has 0 radical (unpaired) electrons. The number of allylic oxidation sites excluding steroid dienone is 6. The number of amides is 1. The van der Waals surface area contributed by atoms with Crippen molar-refractivity contribution in [1.29, 1.82) is 0 Å². The van der Waals surface area contributed by atoms with Crippen LogP contribution in [0.15, 0.2) is 52.9 Å². The van der Waals surface area contributed by atoms with Gasteiger partial charge in [-0.25, -0.2) is 9.63 Å². The highest BCUT2D eigenvalue weighted by Crippen LogP contribution is 2.27. The van der Waals surface area contributed by atoms with Crippen LogP contribution in [0, 0.1) is 11.8 Å². The van der Waals surface area contributed by atoms with Crippen LogP contribution in [-0.4, -0.2) is 27.8 Å². The lowest BCUT2D eigenvalue weighted by Gasteiger charge is -2.23. The summed E-state index contributed by atoms with van der Waals surface area (Å²) in [4.78, 5) is 12.1. The smallest absolute Gasteiger partial charge is 0.240 e. The molecule has 2 rings (SSSR count). The molecule has 2 aliphatic rings. The van der Waals surface area contributed by atoms with Crippen LogP contribution in [0.5, 0.6) is 0 Å². The van der Waals surface area contributed by atoms with E-state index in [-0.39, 0.29) is 17.7 Å². The van der Waals surface area contributed by atoms with Crippen molar-refractivity contribution in [3.05, 3.63) is 47.8 Å². The third kappa shape index (κ3) is 3.82. The molecule has 0 aromatic rings. The van der Waals surface area contributed by atoms with Crippen molar-refractivity contribution < 1.29 is 13.7 Å². The van der Waals surface area contributed by atoms with E-state index in [0.29, 0.717) is 34.7 Å². The molecule has 1 aliphatic carbocycles. The van der Waals surface area contributed by atoms with Crippen molar-refractivity contribution in [1.82, 2.24) is 5.43 Å². The Morgan fingerprint density at radius 1 is 1.58 bits per heavy atom. The minimum absolute atomic E-state index is 0.0589. The zero-order chi connectivity index (χ0) is 17.7. The fourth-order valence-corrected chi connectivity index (χ4v) is 3.50. The van der Waals surface area contributed by atoms with Crippen LogP contribution in [0.25, 0.3) is 0 Å². The lowest BCUT2D eigenvalue weighted by atomic mass is 9.87. The van der Waals surface area contributed by atoms with Crippen LogP contribution < -0.4 is 5.43 Å². The average Bonchev–Trinajstić information content (AvgIpc) is 2.55. The average molecular weight is 346 g/mol. The van der Waals surface area contributed by atoms with E-state index in [4.69, 9.17) is 4.74 Å². The summed E-state index contributed by atoms with van der Waals surface area (Å²) in [6.07, 6.45) is 8.61. The molecule has 0 aromatic carbocycles. The minimum atomic E-state index is -0.131. The monoisotopic (exact) mass is 346 g/mol. The summed E-state index contributed by atoms with van der Waals surface area (Å²) in [7, 11) is 1.60. The number of hydrogen-bond acceptors (Lipinski definition) is 4. The van der Waals surface area contributed by atoms with Gasteiger partial charge in [0.2, 0.25) is 5.91 Å². The second kappa shape index (κ2) is 8.06. The van der Waals surface area contributed by atoms with Gasteiger partial charge in [-0.3, -0.25) is 4.79 Å². The molecular weight excluding hydrogens is 324 g/mol. The van der Waals surface area contributed by atoms with E-state index < -0.39 is 0 Å². The van der Waals surface area contributed by atoms with Crippen molar-refractivity contribution in [2.24, 2.45) is 16.9 Å². The number of rotatable bonds is 5. The van der Waals surface area contributed by atoms with Crippen molar-refractivity contribution >= 4 is 27.7 Å². The fraction of sp³-hybridized carbons (Fsp3) is 0.389. The molecule has 0 saturated heterocycles. The molecule has 1 amide bonds. The number of ether oxygens (including phenoxy) is 1. The van der Waals surface area contributed by atoms with Gasteiger partial charge in [-0.2, -0.15) is 5.10 Å². The van der Waals surface area contributed by atoms with E-state index in [0.717, 1.165) is 16.9 Å². The molecule has 1 heterocycles. The number of hydrazone groups is 1. The zero-order valence-electron chi connectivity index (χ0n) is 14.2. The van der Waals surface area contributed by atoms with Crippen LogP contribution in [0.4, 0.5) is 0 Å². The summed E-state index contributed by atoms with van der Waals surface area (Å²) in [6, 6.07) is 0. The van der Waals surface area contributed by atoms with Gasteiger partial charge in [0, 0.05) is 23.8 Å². The fourth-order valence-electron chi connectivity index (χ4n) is 2.96. The number of hydrogen-bond donors (Lipinski definition) is 1. The Balaban J connectivity index is 2.34. The van der Waals surface area contributed by atoms with Crippen LogP contribution in [0.2, 0.25) is 0 Å². The van der Waals surface area contributed by atoms with Gasteiger partial charge in [0.25, 0.3) is 0 Å². The first-order valence-electron chi connectivity index (χ1n) is 7.80. The number of nitrogens with one attached hydrogen (secondary N) is 1. The van der Waals surface area contributed by atoms with Crippen LogP contribution in [0.1, 0.15) is 26.7 Å². The van der Waals surface area contributed by atoms with Gasteiger partial charge in [0.15, 0.2) is 0 Å². The maximum Gasteiger partial charge on any atom is 0.240 e. The molecule has 0 bridgehead atoms. The molecule has 0 fully saturated rings. The van der Waals surface area contributed by atoms with E-state index in [2.05, 4.69) is 17.1 Å². The first kappa shape index (κ1) is 18.1. The highest BCUT2D eigenvalue weighted by molar-refractivity contribution is 7.67. The Hall–Kier alpha value is -2.21. The predicted octanol–water partition coefficient (Wildman–Crippen LogP) is 2.49. The van der Waals surface area contributed by atoms with E-state index in [9.17, 15) is 9.00 Å².